The maximum absolute atomic E-state index is 14.1. The quantitative estimate of drug-likeness (QED) is 0.419. The molecule has 1 fully saturated rings. The first kappa shape index (κ1) is 20.5. The van der Waals surface area contributed by atoms with Gasteiger partial charge in [0.25, 0.3) is 0 Å². The summed E-state index contributed by atoms with van der Waals surface area (Å²) in [5, 5.41) is 13.8. The molecule has 2 N–H and O–H groups in total. The molecule has 5 nitrogen and oxygen atoms in total. The lowest BCUT2D eigenvalue weighted by atomic mass is 10.1. The summed E-state index contributed by atoms with van der Waals surface area (Å²) in [6, 6.07) is 11.5. The third kappa shape index (κ3) is 4.11. The second-order valence-corrected chi connectivity index (χ2v) is 9.10. The van der Waals surface area contributed by atoms with Crippen LogP contribution in [0.3, 0.4) is 0 Å². The van der Waals surface area contributed by atoms with Gasteiger partial charge in [0.1, 0.15) is 22.1 Å². The monoisotopic (exact) mass is 423 g/mol. The number of rotatable bonds is 4. The molecule has 1 atom stereocenters. The number of carbonyl (C=O) groups is 1. The molecule has 1 aliphatic heterocycles. The normalized spacial score (nSPS) is 18.2. The van der Waals surface area contributed by atoms with Crippen molar-refractivity contribution in [2.75, 3.05) is 5.32 Å². The highest BCUT2D eigenvalue weighted by Crippen LogP contribution is 2.43. The molecule has 1 heterocycles. The van der Waals surface area contributed by atoms with E-state index in [0.717, 1.165) is 12.1 Å². The molecule has 9 heteroatoms. The number of hydrogen-bond acceptors (Lipinski definition) is 4. The number of para-hydroxylation sites is 1. The molecule has 0 unspecified atom stereocenters. The maximum Gasteiger partial charge on any atom is 0.347 e. The van der Waals surface area contributed by atoms with Gasteiger partial charge in [0.05, 0.1) is 11.3 Å². The molecule has 148 valence electrons. The van der Waals surface area contributed by atoms with Crippen LogP contribution in [0.25, 0.3) is 0 Å². The summed E-state index contributed by atoms with van der Waals surface area (Å²) in [4.78, 5) is 14.0. The molecule has 3 rings (SSSR count). The van der Waals surface area contributed by atoms with Crippen LogP contribution in [-0.2, 0) is 6.54 Å². The van der Waals surface area contributed by atoms with E-state index in [1.54, 1.807) is 44.2 Å². The van der Waals surface area contributed by atoms with E-state index >= 15 is 0 Å². The minimum absolute atomic E-state index is 0.176. The maximum atomic E-state index is 14.1. The predicted molar refractivity (Wildman–Crippen MR) is 109 cm³/mol. The van der Waals surface area contributed by atoms with Crippen molar-refractivity contribution in [2.45, 2.75) is 31.3 Å². The number of benzene rings is 2. The summed E-state index contributed by atoms with van der Waals surface area (Å²) in [5.74, 6) is -1.43. The molecule has 0 aliphatic carbocycles. The zero-order valence-electron chi connectivity index (χ0n) is 15.2. The second-order valence-electron chi connectivity index (χ2n) is 6.81. The lowest BCUT2D eigenvalue weighted by Crippen LogP contribution is -2.55. The molecule has 2 aromatic rings. The molecule has 0 spiro atoms. The van der Waals surface area contributed by atoms with Gasteiger partial charge in [-0.1, -0.05) is 48.2 Å². The van der Waals surface area contributed by atoms with E-state index in [1.807, 2.05) is 0 Å². The van der Waals surface area contributed by atoms with E-state index in [-0.39, 0.29) is 12.1 Å². The molecule has 2 aromatic carbocycles. The van der Waals surface area contributed by atoms with Crippen LogP contribution in [0.15, 0.2) is 48.5 Å². The van der Waals surface area contributed by atoms with Crippen LogP contribution in [0.1, 0.15) is 19.4 Å². The fourth-order valence-electron chi connectivity index (χ4n) is 3.06. The van der Waals surface area contributed by atoms with Crippen LogP contribution >= 0.6 is 24.0 Å². The fourth-order valence-corrected chi connectivity index (χ4v) is 4.93. The largest absolute Gasteiger partial charge is 0.347 e. The van der Waals surface area contributed by atoms with Crippen LogP contribution in [0.2, 0.25) is 0 Å². The number of nitrogens with one attached hydrogen (secondary N) is 1. The van der Waals surface area contributed by atoms with Crippen molar-refractivity contribution < 1.29 is 18.8 Å². The van der Waals surface area contributed by atoms with Gasteiger partial charge in [-0.15, -0.1) is 0 Å². The first-order valence-corrected chi connectivity index (χ1v) is 9.70. The van der Waals surface area contributed by atoms with Crippen molar-refractivity contribution in [3.05, 3.63) is 65.7 Å². The van der Waals surface area contributed by atoms with Crippen LogP contribution in [-0.4, -0.2) is 36.4 Å². The Hall–Kier alpha value is -2.23. The summed E-state index contributed by atoms with van der Waals surface area (Å²) in [5.41, 5.74) is 0.328. The lowest BCUT2D eigenvalue weighted by molar-refractivity contribution is -0.116. The van der Waals surface area contributed by atoms with Gasteiger partial charge in [-0.05, 0) is 38.1 Å². The van der Waals surface area contributed by atoms with Gasteiger partial charge in [0, 0.05) is 11.3 Å². The Labute approximate surface area is 171 Å². The van der Waals surface area contributed by atoms with Crippen molar-refractivity contribution in [2.24, 2.45) is 0 Å². The third-order valence-corrected chi connectivity index (χ3v) is 5.99. The van der Waals surface area contributed by atoms with E-state index in [4.69, 9.17) is 12.2 Å². The van der Waals surface area contributed by atoms with Crippen molar-refractivity contribution in [3.8, 4) is 0 Å². The molecular formula is C19H19F2N3O2S2. The number of hydrogen-bond donors (Lipinski definition) is 2. The topological polar surface area (TPSA) is 55.8 Å². The van der Waals surface area contributed by atoms with Crippen LogP contribution in [0, 0.1) is 11.6 Å². The Bertz CT molecular complexity index is 876. The molecule has 0 saturated carbocycles. The SMILES string of the molecule is CC1(C)SC(=S)N(Cc2c(F)cccc2F)[C@H]1N(O)C(=O)Nc1ccccc1. The molecule has 0 radical (unpaired) electrons. The third-order valence-electron chi connectivity index (χ3n) is 4.36. The molecule has 0 aromatic heterocycles. The zero-order valence-corrected chi connectivity index (χ0v) is 16.9. The van der Waals surface area contributed by atoms with Crippen LogP contribution in [0.5, 0.6) is 0 Å². The van der Waals surface area contributed by atoms with Gasteiger partial charge in [-0.3, -0.25) is 5.21 Å². The zero-order chi connectivity index (χ0) is 20.5. The minimum Gasteiger partial charge on any atom is -0.329 e. The smallest absolute Gasteiger partial charge is 0.329 e. The van der Waals surface area contributed by atoms with E-state index in [9.17, 15) is 18.8 Å². The highest BCUT2D eigenvalue weighted by Gasteiger charge is 2.49. The minimum atomic E-state index is -0.923. The standard InChI is InChI=1S/C19H19F2N3O2S2/c1-19(2)16(24(26)17(25)22-12-7-4-3-5-8-12)23(18(27)28-19)11-13-14(20)9-6-10-15(13)21/h3-10,16,26H,11H2,1-2H3,(H,22,25)/t16-/m0/s1. The Morgan fingerprint density at radius 2 is 1.82 bits per heavy atom. The Morgan fingerprint density at radius 1 is 1.21 bits per heavy atom. The summed E-state index contributed by atoms with van der Waals surface area (Å²) >= 11 is 6.61. The van der Waals surface area contributed by atoms with E-state index < -0.39 is 28.6 Å². The molecule has 1 saturated heterocycles. The van der Waals surface area contributed by atoms with Crippen molar-refractivity contribution >= 4 is 40.0 Å². The number of halogens is 2. The Kier molecular flexibility index (Phi) is 5.87. The van der Waals surface area contributed by atoms with Gasteiger partial charge in [0.15, 0.2) is 0 Å². The van der Waals surface area contributed by atoms with Crippen molar-refractivity contribution in [1.82, 2.24) is 9.96 Å². The molecule has 1 aliphatic rings. The number of anilines is 1. The number of thioether (sulfide) groups is 1. The summed E-state index contributed by atoms with van der Waals surface area (Å²) in [6.45, 7) is 3.38. The van der Waals surface area contributed by atoms with Gasteiger partial charge in [-0.25, -0.2) is 13.6 Å². The second kappa shape index (κ2) is 8.02. The van der Waals surface area contributed by atoms with Gasteiger partial charge in [-0.2, -0.15) is 5.06 Å². The van der Waals surface area contributed by atoms with E-state index in [0.29, 0.717) is 15.1 Å². The summed E-state index contributed by atoms with van der Waals surface area (Å²) < 4.78 is 27.9. The predicted octanol–water partition coefficient (Wildman–Crippen LogP) is 4.83. The average molecular weight is 424 g/mol. The van der Waals surface area contributed by atoms with Gasteiger partial charge < -0.3 is 10.2 Å². The number of hydroxylamine groups is 2. The van der Waals surface area contributed by atoms with Crippen molar-refractivity contribution in [3.63, 3.8) is 0 Å². The van der Waals surface area contributed by atoms with Gasteiger partial charge >= 0.3 is 6.03 Å². The molecule has 2 amide bonds. The van der Waals surface area contributed by atoms with E-state index in [1.165, 1.54) is 22.7 Å². The molecule has 28 heavy (non-hydrogen) atoms. The van der Waals surface area contributed by atoms with Gasteiger partial charge in [0.2, 0.25) is 0 Å². The first-order valence-electron chi connectivity index (χ1n) is 8.47. The number of thiocarbonyl (C=S) groups is 1. The lowest BCUT2D eigenvalue weighted by Gasteiger charge is -2.37. The summed E-state index contributed by atoms with van der Waals surface area (Å²) in [6.07, 6.45) is -0.923. The highest BCUT2D eigenvalue weighted by atomic mass is 32.2. The Balaban J connectivity index is 1.87. The van der Waals surface area contributed by atoms with E-state index in [2.05, 4.69) is 5.32 Å². The molecule has 0 bridgehead atoms. The van der Waals surface area contributed by atoms with Crippen LogP contribution < -0.4 is 5.32 Å². The average Bonchev–Trinajstić information content (AvgIpc) is 2.86. The van der Waals surface area contributed by atoms with Crippen molar-refractivity contribution in [1.29, 1.82) is 0 Å². The number of amides is 2. The van der Waals surface area contributed by atoms with Crippen LogP contribution in [0.4, 0.5) is 19.3 Å². The highest BCUT2D eigenvalue weighted by molar-refractivity contribution is 8.24. The number of carbonyl (C=O) groups excluding carboxylic acids is 1. The summed E-state index contributed by atoms with van der Waals surface area (Å²) in [7, 11) is 0. The molecular weight excluding hydrogens is 404 g/mol. The Morgan fingerprint density at radius 3 is 2.43 bits per heavy atom. The first-order chi connectivity index (χ1) is 13.2. The number of nitrogens with zero attached hydrogens (tertiary/aromatic N) is 2. The number of urea groups is 1. The fraction of sp³-hybridized carbons (Fsp3) is 0.263.